The molecule has 2 fully saturated rings. The maximum atomic E-state index is 2.57. The fourth-order valence-electron chi connectivity index (χ4n) is 3.00. The first-order valence-corrected chi connectivity index (χ1v) is 8.31. The molecular formula is C14H28Li3N2. The zero-order chi connectivity index (χ0) is 13.1. The van der Waals surface area contributed by atoms with Crippen molar-refractivity contribution in [3.05, 3.63) is 0 Å². The molecule has 0 spiro atoms. The molecular weight excluding hydrogens is 217 g/mol. The van der Waals surface area contributed by atoms with Crippen LogP contribution >= 0.6 is 0 Å². The molecule has 0 aromatic rings. The summed E-state index contributed by atoms with van der Waals surface area (Å²) in [7, 11) is 0. The Morgan fingerprint density at radius 2 is 0.895 bits per heavy atom. The fraction of sp³-hybridized carbons (Fsp3) is 1.00. The summed E-state index contributed by atoms with van der Waals surface area (Å²) in [6.45, 7) is 8.06. The number of piperidine rings is 2. The molecule has 1 radical (unpaired) electrons. The second kappa shape index (κ2) is 14.6. The van der Waals surface area contributed by atoms with Crippen LogP contribution in [0, 0.1) is 0 Å². The van der Waals surface area contributed by atoms with Crippen molar-refractivity contribution in [1.29, 1.82) is 0 Å². The van der Waals surface area contributed by atoms with Crippen LogP contribution in [0.15, 0.2) is 0 Å². The summed E-state index contributed by atoms with van der Waals surface area (Å²) < 4.78 is 0. The van der Waals surface area contributed by atoms with Crippen molar-refractivity contribution >= 4 is 54.3 Å². The van der Waals surface area contributed by atoms with Crippen molar-refractivity contribution in [3.8, 4) is 0 Å². The SMILES string of the molecule is [Li].[Li][CH2]CN1CCCCC1.[Li][CH2]CN1CCCCC1. The molecule has 0 aliphatic carbocycles. The van der Waals surface area contributed by atoms with E-state index in [4.69, 9.17) is 0 Å². The van der Waals surface area contributed by atoms with E-state index >= 15 is 0 Å². The zero-order valence-corrected chi connectivity index (χ0v) is 13.8. The van der Waals surface area contributed by atoms with Crippen LogP contribution in [0.25, 0.3) is 0 Å². The minimum atomic E-state index is 0. The molecule has 97 valence electrons. The van der Waals surface area contributed by atoms with Gasteiger partial charge >= 0.3 is 133 Å². The van der Waals surface area contributed by atoms with Gasteiger partial charge in [-0.1, -0.05) is 0 Å². The van der Waals surface area contributed by atoms with Crippen LogP contribution in [0.5, 0.6) is 0 Å². The van der Waals surface area contributed by atoms with Crippen LogP contribution in [0.4, 0.5) is 0 Å². The van der Waals surface area contributed by atoms with Gasteiger partial charge in [-0.25, -0.2) is 0 Å². The second-order valence-electron chi connectivity index (χ2n) is 5.80. The zero-order valence-electron chi connectivity index (χ0n) is 13.8. The Hall–Kier alpha value is 1.71. The van der Waals surface area contributed by atoms with Crippen LogP contribution < -0.4 is 0 Å². The topological polar surface area (TPSA) is 6.48 Å². The summed E-state index contributed by atoms with van der Waals surface area (Å²) >= 11 is 4.52. The van der Waals surface area contributed by atoms with Gasteiger partial charge in [0, 0.05) is 18.9 Å². The Balaban J connectivity index is 0.000000324. The van der Waals surface area contributed by atoms with Gasteiger partial charge < -0.3 is 0 Å². The van der Waals surface area contributed by atoms with Gasteiger partial charge in [-0.15, -0.1) is 0 Å². The molecule has 2 saturated heterocycles. The molecule has 2 aliphatic rings. The molecule has 5 heteroatoms. The number of nitrogens with zero attached hydrogens (tertiary/aromatic N) is 2. The Labute approximate surface area is 151 Å². The summed E-state index contributed by atoms with van der Waals surface area (Å²) in [5.74, 6) is 0. The van der Waals surface area contributed by atoms with E-state index in [0.29, 0.717) is 0 Å². The normalized spacial score (nSPS) is 21.3. The van der Waals surface area contributed by atoms with Gasteiger partial charge in [-0.05, 0) is 0 Å². The van der Waals surface area contributed by atoms with Crippen molar-refractivity contribution in [2.45, 2.75) is 48.7 Å². The monoisotopic (exact) mass is 245 g/mol. The molecule has 2 rings (SSSR count). The van der Waals surface area contributed by atoms with Crippen molar-refractivity contribution in [2.75, 3.05) is 39.3 Å². The van der Waals surface area contributed by atoms with Crippen molar-refractivity contribution in [1.82, 2.24) is 9.80 Å². The second-order valence-corrected chi connectivity index (χ2v) is 5.80. The third-order valence-electron chi connectivity index (χ3n) is 3.98. The molecule has 0 atom stereocenters. The third-order valence-corrected chi connectivity index (χ3v) is 3.98. The molecule has 0 aromatic carbocycles. The quantitative estimate of drug-likeness (QED) is 0.696. The van der Waals surface area contributed by atoms with E-state index in [1.807, 2.05) is 0 Å². The Morgan fingerprint density at radius 1 is 0.579 bits per heavy atom. The summed E-state index contributed by atoms with van der Waals surface area (Å²) in [4.78, 5) is 5.15. The molecule has 2 aliphatic heterocycles. The van der Waals surface area contributed by atoms with Crippen molar-refractivity contribution < 1.29 is 0 Å². The van der Waals surface area contributed by atoms with E-state index in [0.717, 1.165) is 0 Å². The van der Waals surface area contributed by atoms with Gasteiger partial charge in [0.15, 0.2) is 0 Å². The number of hydrogen-bond donors (Lipinski definition) is 0. The van der Waals surface area contributed by atoms with Crippen LogP contribution in [0.1, 0.15) is 38.5 Å². The molecule has 0 amide bonds. The van der Waals surface area contributed by atoms with Gasteiger partial charge in [0.05, 0.1) is 0 Å². The predicted molar refractivity (Wildman–Crippen MR) is 87.5 cm³/mol. The van der Waals surface area contributed by atoms with E-state index < -0.39 is 0 Å². The molecule has 19 heavy (non-hydrogen) atoms. The molecule has 0 aromatic heterocycles. The summed E-state index contributed by atoms with van der Waals surface area (Å²) in [6.07, 6.45) is 8.64. The summed E-state index contributed by atoms with van der Waals surface area (Å²) in [5.41, 5.74) is 0. The van der Waals surface area contributed by atoms with E-state index in [9.17, 15) is 0 Å². The Kier molecular flexibility index (Phi) is 16.0. The van der Waals surface area contributed by atoms with Gasteiger partial charge in [0.25, 0.3) is 0 Å². The van der Waals surface area contributed by atoms with Crippen molar-refractivity contribution in [3.63, 3.8) is 0 Å². The number of rotatable bonds is 4. The fourth-order valence-corrected chi connectivity index (χ4v) is 3.00. The first-order chi connectivity index (χ1) is 8.86. The van der Waals surface area contributed by atoms with Crippen LogP contribution in [-0.2, 0) is 0 Å². The van der Waals surface area contributed by atoms with Crippen LogP contribution in [0.3, 0.4) is 0 Å². The van der Waals surface area contributed by atoms with Crippen molar-refractivity contribution in [2.24, 2.45) is 0 Å². The maximum absolute atomic E-state index is 2.57. The van der Waals surface area contributed by atoms with E-state index in [1.54, 1.807) is 0 Å². The first kappa shape index (κ1) is 20.7. The summed E-state index contributed by atoms with van der Waals surface area (Å²) in [5, 5.41) is 2.64. The first-order valence-electron chi connectivity index (χ1n) is 8.31. The van der Waals surface area contributed by atoms with Crippen LogP contribution in [0.2, 0.25) is 10.2 Å². The predicted octanol–water partition coefficient (Wildman–Crippen LogP) is 1.74. The van der Waals surface area contributed by atoms with E-state index in [2.05, 4.69) is 45.2 Å². The molecule has 0 N–H and O–H groups in total. The van der Waals surface area contributed by atoms with Gasteiger partial charge in [-0.3, -0.25) is 0 Å². The minimum absolute atomic E-state index is 0. The number of likely N-dealkylation sites (tertiary alicyclic amines) is 2. The van der Waals surface area contributed by atoms with Gasteiger partial charge in [0.2, 0.25) is 0 Å². The van der Waals surface area contributed by atoms with Gasteiger partial charge in [-0.2, -0.15) is 0 Å². The van der Waals surface area contributed by atoms with E-state index in [-0.39, 0.29) is 18.9 Å². The summed E-state index contributed by atoms with van der Waals surface area (Å²) in [6, 6.07) is 0. The Morgan fingerprint density at radius 3 is 1.16 bits per heavy atom. The number of hydrogen-bond acceptors (Lipinski definition) is 2. The average Bonchev–Trinajstić information content (AvgIpc) is 2.43. The standard InChI is InChI=1S/2C7H14N.3Li/c2*1-2-8-6-4-3-5-7-8;;;/h2*1-7H2;;;. The molecule has 0 bridgehead atoms. The van der Waals surface area contributed by atoms with E-state index in [1.165, 1.54) is 88.0 Å². The van der Waals surface area contributed by atoms with Crippen LogP contribution in [-0.4, -0.2) is 103 Å². The molecule has 0 saturated carbocycles. The molecule has 2 nitrogen and oxygen atoms in total. The molecule has 0 unspecified atom stereocenters. The molecule has 2 heterocycles. The Bertz CT molecular complexity index is 156. The average molecular weight is 245 g/mol. The third kappa shape index (κ3) is 11.0. The van der Waals surface area contributed by atoms with Gasteiger partial charge in [0.1, 0.15) is 0 Å².